The Hall–Kier alpha value is -1.77. The summed E-state index contributed by atoms with van der Waals surface area (Å²) in [7, 11) is 1.15. The first-order valence-corrected chi connectivity index (χ1v) is 25.2. The molecule has 0 aromatic heterocycles. The van der Waals surface area contributed by atoms with Gasteiger partial charge in [0.25, 0.3) is 7.82 Å². The van der Waals surface area contributed by atoms with E-state index in [1.807, 2.05) is 21.1 Å². The highest BCUT2D eigenvalue weighted by atomic mass is 31.2. The highest BCUT2D eigenvalue weighted by molar-refractivity contribution is 7.45. The molecular weight excluding hydrogens is 750 g/mol. The molecule has 0 spiro atoms. The minimum atomic E-state index is -4.63. The van der Waals surface area contributed by atoms with Crippen molar-refractivity contribution in [1.29, 1.82) is 0 Å². The van der Waals surface area contributed by atoms with Gasteiger partial charge in [0.2, 0.25) is 0 Å². The standard InChI is InChI=1S/C48H90NO8P/c1-6-8-10-12-14-16-18-20-22-24-26-28-30-32-34-36-38-40-47(50)54-44-46(45-56-58(52,53)55-43-42-49(3,4)5)57-48(51)41-39-37-35-33-31-29-27-25-23-21-19-17-15-13-11-9-7-2/h17,19,26,28,32,34,46H,6-16,18,20-25,27,29-31,33,35-45H2,1-5H3/b19-17+,28-26+,34-32+/t46-/m1/s1. The van der Waals surface area contributed by atoms with Gasteiger partial charge < -0.3 is 27.9 Å². The van der Waals surface area contributed by atoms with Gasteiger partial charge in [-0.1, -0.05) is 166 Å². The first kappa shape index (κ1) is 56.2. The van der Waals surface area contributed by atoms with Crippen LogP contribution in [0.2, 0.25) is 0 Å². The maximum atomic E-state index is 12.7. The van der Waals surface area contributed by atoms with E-state index >= 15 is 0 Å². The van der Waals surface area contributed by atoms with E-state index in [2.05, 4.69) is 50.3 Å². The Labute approximate surface area is 357 Å². The molecule has 9 nitrogen and oxygen atoms in total. The minimum Gasteiger partial charge on any atom is -0.756 e. The van der Waals surface area contributed by atoms with Crippen LogP contribution in [0.5, 0.6) is 0 Å². The molecule has 0 aromatic carbocycles. The molecule has 0 aliphatic heterocycles. The molecule has 10 heteroatoms. The van der Waals surface area contributed by atoms with Gasteiger partial charge in [0.05, 0.1) is 27.7 Å². The summed E-state index contributed by atoms with van der Waals surface area (Å²) in [4.78, 5) is 37.6. The Morgan fingerprint density at radius 1 is 0.534 bits per heavy atom. The summed E-state index contributed by atoms with van der Waals surface area (Å²) in [6, 6.07) is 0. The van der Waals surface area contributed by atoms with Crippen molar-refractivity contribution in [3.8, 4) is 0 Å². The van der Waals surface area contributed by atoms with Crippen LogP contribution >= 0.6 is 7.82 Å². The number of rotatable bonds is 43. The third-order valence-corrected chi connectivity index (χ3v) is 11.1. The molecule has 0 heterocycles. The minimum absolute atomic E-state index is 0.0370. The number of hydrogen-bond acceptors (Lipinski definition) is 8. The van der Waals surface area contributed by atoms with Crippen molar-refractivity contribution in [2.24, 2.45) is 0 Å². The smallest absolute Gasteiger partial charge is 0.306 e. The summed E-state index contributed by atoms with van der Waals surface area (Å²) in [6.45, 7) is 4.18. The van der Waals surface area contributed by atoms with Crippen molar-refractivity contribution in [3.05, 3.63) is 36.5 Å². The van der Waals surface area contributed by atoms with Crippen molar-refractivity contribution in [2.45, 2.75) is 213 Å². The van der Waals surface area contributed by atoms with Gasteiger partial charge in [-0.2, -0.15) is 0 Å². The number of likely N-dealkylation sites (N-methyl/N-ethyl adjacent to an activating group) is 1. The maximum absolute atomic E-state index is 12.7. The van der Waals surface area contributed by atoms with Gasteiger partial charge in [0, 0.05) is 12.8 Å². The Morgan fingerprint density at radius 3 is 1.45 bits per heavy atom. The van der Waals surface area contributed by atoms with Crippen LogP contribution in [0.3, 0.4) is 0 Å². The molecule has 0 aliphatic carbocycles. The van der Waals surface area contributed by atoms with Crippen molar-refractivity contribution in [1.82, 2.24) is 0 Å². The summed E-state index contributed by atoms with van der Waals surface area (Å²) in [6.07, 6.45) is 46.0. The summed E-state index contributed by atoms with van der Waals surface area (Å²) in [5.74, 6) is -0.886. The topological polar surface area (TPSA) is 111 Å². The van der Waals surface area contributed by atoms with E-state index in [0.29, 0.717) is 23.9 Å². The molecule has 0 N–H and O–H groups in total. The van der Waals surface area contributed by atoms with Crippen molar-refractivity contribution in [3.63, 3.8) is 0 Å². The quantitative estimate of drug-likeness (QED) is 0.0196. The van der Waals surface area contributed by atoms with Crippen molar-refractivity contribution < 1.29 is 42.1 Å². The summed E-state index contributed by atoms with van der Waals surface area (Å²) >= 11 is 0. The predicted octanol–water partition coefficient (Wildman–Crippen LogP) is 13.1. The first-order chi connectivity index (χ1) is 28.0. The third kappa shape index (κ3) is 43.8. The van der Waals surface area contributed by atoms with Gasteiger partial charge in [0.1, 0.15) is 19.8 Å². The van der Waals surface area contributed by atoms with Crippen LogP contribution in [0.4, 0.5) is 0 Å². The molecule has 0 bridgehead atoms. The van der Waals surface area contributed by atoms with E-state index in [0.717, 1.165) is 38.5 Å². The van der Waals surface area contributed by atoms with Crippen molar-refractivity contribution >= 4 is 19.8 Å². The molecule has 0 aliphatic rings. The average Bonchev–Trinajstić information content (AvgIpc) is 3.17. The number of ether oxygens (including phenoxy) is 2. The average molecular weight is 840 g/mol. The second-order valence-electron chi connectivity index (χ2n) is 17.1. The number of carbonyl (C=O) groups excluding carboxylic acids is 2. The number of carbonyl (C=O) groups is 2. The SMILES string of the molecule is CCCCCC/C=C/CCCCCCCCCCCC(=O)O[C@H](COC(=O)CCC/C=C/C/C=C/CCCCCCCCCCC)COP(=O)([O-])OCC[N+](C)(C)C. The molecule has 0 aromatic rings. The molecule has 0 amide bonds. The number of phosphoric ester groups is 1. The molecule has 1 unspecified atom stereocenters. The van der Waals surface area contributed by atoms with Crippen LogP contribution in [0.25, 0.3) is 0 Å². The first-order valence-electron chi connectivity index (χ1n) is 23.7. The zero-order valence-corrected chi connectivity index (χ0v) is 39.1. The van der Waals surface area contributed by atoms with Crippen LogP contribution in [0.1, 0.15) is 206 Å². The number of quaternary nitrogens is 1. The monoisotopic (exact) mass is 840 g/mol. The highest BCUT2D eigenvalue weighted by Gasteiger charge is 2.21. The molecule has 0 saturated heterocycles. The predicted molar refractivity (Wildman–Crippen MR) is 241 cm³/mol. The van der Waals surface area contributed by atoms with Crippen LogP contribution in [-0.2, 0) is 32.7 Å². The molecule has 0 rings (SSSR count). The van der Waals surface area contributed by atoms with E-state index in [1.54, 1.807) is 0 Å². The lowest BCUT2D eigenvalue weighted by Gasteiger charge is -2.28. The van der Waals surface area contributed by atoms with Gasteiger partial charge in [-0.05, 0) is 64.2 Å². The lowest BCUT2D eigenvalue weighted by Crippen LogP contribution is -2.37. The van der Waals surface area contributed by atoms with Gasteiger partial charge >= 0.3 is 11.9 Å². The number of phosphoric acid groups is 1. The Bertz CT molecular complexity index is 1090. The summed E-state index contributed by atoms with van der Waals surface area (Å²) in [5, 5.41) is 0. The number of unbranched alkanes of at least 4 members (excludes halogenated alkanes) is 23. The van der Waals surface area contributed by atoms with E-state index in [1.165, 1.54) is 128 Å². The van der Waals surface area contributed by atoms with Crippen LogP contribution in [0.15, 0.2) is 36.5 Å². The van der Waals surface area contributed by atoms with Crippen LogP contribution in [0, 0.1) is 0 Å². The molecular formula is C48H90NO8P. The maximum Gasteiger partial charge on any atom is 0.306 e. The Balaban J connectivity index is 4.37. The fourth-order valence-corrected chi connectivity index (χ4v) is 7.12. The normalized spacial score (nSPS) is 13.8. The number of esters is 2. The zero-order chi connectivity index (χ0) is 42.8. The number of allylic oxidation sites excluding steroid dienone is 6. The molecule has 0 radical (unpaired) electrons. The molecule has 340 valence electrons. The number of hydrogen-bond donors (Lipinski definition) is 0. The molecule has 2 atom stereocenters. The Morgan fingerprint density at radius 2 is 0.948 bits per heavy atom. The lowest BCUT2D eigenvalue weighted by atomic mass is 10.1. The van der Waals surface area contributed by atoms with E-state index < -0.39 is 32.5 Å². The largest absolute Gasteiger partial charge is 0.756 e. The van der Waals surface area contributed by atoms with E-state index in [4.69, 9.17) is 18.5 Å². The van der Waals surface area contributed by atoms with Crippen LogP contribution in [-0.4, -0.2) is 70.0 Å². The summed E-state index contributed by atoms with van der Waals surface area (Å²) < 4.78 is 33.9. The molecule has 0 saturated carbocycles. The second-order valence-corrected chi connectivity index (χ2v) is 18.5. The zero-order valence-electron chi connectivity index (χ0n) is 38.2. The molecule has 58 heavy (non-hydrogen) atoms. The molecule has 0 fully saturated rings. The van der Waals surface area contributed by atoms with Gasteiger partial charge in [-0.15, -0.1) is 0 Å². The summed E-state index contributed by atoms with van der Waals surface area (Å²) in [5.41, 5.74) is 0. The fourth-order valence-electron chi connectivity index (χ4n) is 6.39. The van der Waals surface area contributed by atoms with Gasteiger partial charge in [-0.25, -0.2) is 0 Å². The van der Waals surface area contributed by atoms with E-state index in [9.17, 15) is 19.0 Å². The van der Waals surface area contributed by atoms with Crippen LogP contribution < -0.4 is 4.89 Å². The van der Waals surface area contributed by atoms with E-state index in [-0.39, 0.29) is 26.1 Å². The number of nitrogens with zero attached hydrogens (tertiary/aromatic N) is 1. The third-order valence-electron chi connectivity index (χ3n) is 10.1. The van der Waals surface area contributed by atoms with Crippen molar-refractivity contribution in [2.75, 3.05) is 47.5 Å². The second kappa shape index (κ2) is 40.6. The van der Waals surface area contributed by atoms with Gasteiger partial charge in [-0.3, -0.25) is 14.2 Å². The highest BCUT2D eigenvalue weighted by Crippen LogP contribution is 2.38. The van der Waals surface area contributed by atoms with Gasteiger partial charge in [0.15, 0.2) is 6.10 Å². The Kier molecular flexibility index (Phi) is 39.4. The lowest BCUT2D eigenvalue weighted by molar-refractivity contribution is -0.870. The fraction of sp³-hybridized carbons (Fsp3) is 0.833.